The molecule has 0 saturated heterocycles. The molecule has 0 fully saturated rings. The second-order valence-corrected chi connectivity index (χ2v) is 4.92. The maximum absolute atomic E-state index is 12.4. The maximum Gasteiger partial charge on any atom is 0.416 e. The van der Waals surface area contributed by atoms with E-state index in [-0.39, 0.29) is 5.56 Å². The predicted octanol–water partition coefficient (Wildman–Crippen LogP) is 3.25. The number of amides is 1. The second-order valence-electron chi connectivity index (χ2n) is 4.92. The zero-order chi connectivity index (χ0) is 16.9. The van der Waals surface area contributed by atoms with Crippen molar-refractivity contribution in [1.82, 2.24) is 10.3 Å². The van der Waals surface area contributed by atoms with Crippen LogP contribution in [0.25, 0.3) is 0 Å². The third-order valence-electron chi connectivity index (χ3n) is 3.08. The van der Waals surface area contributed by atoms with E-state index in [1.165, 1.54) is 0 Å². The Morgan fingerprint density at radius 2 is 1.78 bits per heavy atom. The van der Waals surface area contributed by atoms with Crippen molar-refractivity contribution in [3.63, 3.8) is 0 Å². The fourth-order valence-electron chi connectivity index (χ4n) is 1.92. The van der Waals surface area contributed by atoms with E-state index < -0.39 is 17.6 Å². The highest BCUT2D eigenvalue weighted by Gasteiger charge is 2.30. The lowest BCUT2D eigenvalue weighted by Gasteiger charge is -2.09. The van der Waals surface area contributed by atoms with Gasteiger partial charge in [0.1, 0.15) is 5.82 Å². The van der Waals surface area contributed by atoms with Crippen molar-refractivity contribution >= 4 is 11.7 Å². The molecule has 0 saturated carbocycles. The summed E-state index contributed by atoms with van der Waals surface area (Å²) in [5, 5.41) is 5.68. The van der Waals surface area contributed by atoms with Gasteiger partial charge in [0.25, 0.3) is 5.91 Å². The molecule has 2 N–H and O–H groups in total. The van der Waals surface area contributed by atoms with Gasteiger partial charge in [0.05, 0.1) is 5.56 Å². The van der Waals surface area contributed by atoms with E-state index in [1.54, 1.807) is 0 Å². The fraction of sp³-hybridized carbons (Fsp3) is 0.250. The van der Waals surface area contributed by atoms with Crippen LogP contribution in [-0.4, -0.2) is 24.0 Å². The van der Waals surface area contributed by atoms with Gasteiger partial charge in [-0.25, -0.2) is 4.98 Å². The number of benzene rings is 1. The number of hydrogen-bond donors (Lipinski definition) is 2. The fourth-order valence-corrected chi connectivity index (χ4v) is 1.92. The standard InChI is InChI=1S/C16H16F3N3O/c1-11-3-2-4-14(22-11)20-9-10-21-15(23)12-5-7-13(8-6-12)16(17,18)19/h2-8H,9-10H2,1H3,(H,20,22)(H,21,23). The number of carbonyl (C=O) groups excluding carboxylic acids is 1. The molecule has 2 rings (SSSR count). The number of rotatable bonds is 5. The highest BCUT2D eigenvalue weighted by Crippen LogP contribution is 2.28. The SMILES string of the molecule is Cc1cccc(NCCNC(=O)c2ccc(C(F)(F)F)cc2)n1. The van der Waals surface area contributed by atoms with Crippen LogP contribution in [0.4, 0.5) is 19.0 Å². The summed E-state index contributed by atoms with van der Waals surface area (Å²) in [5.41, 5.74) is 0.289. The van der Waals surface area contributed by atoms with E-state index in [0.29, 0.717) is 18.9 Å². The summed E-state index contributed by atoms with van der Waals surface area (Å²) in [4.78, 5) is 16.1. The van der Waals surface area contributed by atoms with E-state index in [2.05, 4.69) is 15.6 Å². The lowest BCUT2D eigenvalue weighted by Crippen LogP contribution is -2.29. The summed E-state index contributed by atoms with van der Waals surface area (Å²) in [6, 6.07) is 9.66. The minimum atomic E-state index is -4.40. The Morgan fingerprint density at radius 3 is 2.39 bits per heavy atom. The Kier molecular flexibility index (Phi) is 5.20. The smallest absolute Gasteiger partial charge is 0.368 e. The first-order valence-electron chi connectivity index (χ1n) is 6.99. The summed E-state index contributed by atoms with van der Waals surface area (Å²) in [6.45, 7) is 2.66. The molecule has 0 unspecified atom stereocenters. The number of pyridine rings is 1. The molecule has 1 heterocycles. The van der Waals surface area contributed by atoms with Gasteiger partial charge >= 0.3 is 6.18 Å². The molecule has 0 aliphatic carbocycles. The van der Waals surface area contributed by atoms with Crippen molar-refractivity contribution in [1.29, 1.82) is 0 Å². The number of hydrogen-bond acceptors (Lipinski definition) is 3. The zero-order valence-corrected chi connectivity index (χ0v) is 12.4. The van der Waals surface area contributed by atoms with Crippen LogP contribution in [0.15, 0.2) is 42.5 Å². The van der Waals surface area contributed by atoms with Gasteiger partial charge in [-0.1, -0.05) is 6.07 Å². The van der Waals surface area contributed by atoms with Crippen LogP contribution in [0.3, 0.4) is 0 Å². The highest BCUT2D eigenvalue weighted by molar-refractivity contribution is 5.94. The third-order valence-corrected chi connectivity index (χ3v) is 3.08. The molecule has 122 valence electrons. The first kappa shape index (κ1) is 16.8. The molecule has 1 amide bonds. The van der Waals surface area contributed by atoms with E-state index >= 15 is 0 Å². The average Bonchev–Trinajstić information content (AvgIpc) is 2.51. The molecule has 0 bridgehead atoms. The van der Waals surface area contributed by atoms with Crippen LogP contribution in [0.5, 0.6) is 0 Å². The first-order valence-corrected chi connectivity index (χ1v) is 6.99. The molecule has 23 heavy (non-hydrogen) atoms. The zero-order valence-electron chi connectivity index (χ0n) is 12.4. The number of nitrogens with one attached hydrogen (secondary N) is 2. The normalized spacial score (nSPS) is 11.1. The molecule has 4 nitrogen and oxygen atoms in total. The number of anilines is 1. The van der Waals surface area contributed by atoms with Crippen LogP contribution >= 0.6 is 0 Å². The monoisotopic (exact) mass is 323 g/mol. The summed E-state index contributed by atoms with van der Waals surface area (Å²) in [7, 11) is 0. The van der Waals surface area contributed by atoms with E-state index in [0.717, 1.165) is 30.0 Å². The molecule has 1 aromatic carbocycles. The minimum Gasteiger partial charge on any atom is -0.368 e. The Bertz CT molecular complexity index is 669. The molecule has 7 heteroatoms. The first-order chi connectivity index (χ1) is 10.9. The largest absolute Gasteiger partial charge is 0.416 e. The van der Waals surface area contributed by atoms with Crippen LogP contribution < -0.4 is 10.6 Å². The summed E-state index contributed by atoms with van der Waals surface area (Å²) in [5.74, 6) is 0.284. The summed E-state index contributed by atoms with van der Waals surface area (Å²) >= 11 is 0. The topological polar surface area (TPSA) is 54.0 Å². The number of carbonyl (C=O) groups is 1. The molecule has 2 aromatic rings. The van der Waals surface area contributed by atoms with Crippen molar-refractivity contribution in [2.24, 2.45) is 0 Å². The van der Waals surface area contributed by atoms with Crippen molar-refractivity contribution < 1.29 is 18.0 Å². The van der Waals surface area contributed by atoms with Crippen molar-refractivity contribution in [2.75, 3.05) is 18.4 Å². The Labute approximate surface area is 131 Å². The molecular formula is C16H16F3N3O. The molecule has 0 radical (unpaired) electrons. The number of aromatic nitrogens is 1. The van der Waals surface area contributed by atoms with Gasteiger partial charge in [-0.05, 0) is 43.3 Å². The number of halogens is 3. The van der Waals surface area contributed by atoms with Gasteiger partial charge in [0.2, 0.25) is 0 Å². The second kappa shape index (κ2) is 7.13. The Balaban J connectivity index is 1.81. The maximum atomic E-state index is 12.4. The van der Waals surface area contributed by atoms with Crippen LogP contribution in [0.2, 0.25) is 0 Å². The molecule has 0 atom stereocenters. The molecular weight excluding hydrogens is 307 g/mol. The minimum absolute atomic E-state index is 0.187. The van der Waals surface area contributed by atoms with Gasteiger partial charge < -0.3 is 10.6 Å². The Hall–Kier alpha value is -2.57. The van der Waals surface area contributed by atoms with E-state index in [1.807, 2.05) is 25.1 Å². The van der Waals surface area contributed by atoms with Gasteiger partial charge in [0.15, 0.2) is 0 Å². The van der Waals surface area contributed by atoms with Crippen LogP contribution in [-0.2, 0) is 6.18 Å². The molecule has 0 aliphatic heterocycles. The van der Waals surface area contributed by atoms with Crippen LogP contribution in [0, 0.1) is 6.92 Å². The Morgan fingerprint density at radius 1 is 1.09 bits per heavy atom. The van der Waals surface area contributed by atoms with Crippen LogP contribution in [0.1, 0.15) is 21.6 Å². The number of alkyl halides is 3. The van der Waals surface area contributed by atoms with Gasteiger partial charge in [0, 0.05) is 24.3 Å². The van der Waals surface area contributed by atoms with Gasteiger partial charge in [-0.2, -0.15) is 13.2 Å². The molecule has 1 aromatic heterocycles. The van der Waals surface area contributed by atoms with Gasteiger partial charge in [-0.15, -0.1) is 0 Å². The third kappa shape index (κ3) is 4.98. The predicted molar refractivity (Wildman–Crippen MR) is 81.2 cm³/mol. The van der Waals surface area contributed by atoms with E-state index in [4.69, 9.17) is 0 Å². The molecule has 0 aliphatic rings. The van der Waals surface area contributed by atoms with Gasteiger partial charge in [-0.3, -0.25) is 4.79 Å². The van der Waals surface area contributed by atoms with Crippen molar-refractivity contribution in [2.45, 2.75) is 13.1 Å². The quantitative estimate of drug-likeness (QED) is 0.831. The number of nitrogens with zero attached hydrogens (tertiary/aromatic N) is 1. The average molecular weight is 323 g/mol. The van der Waals surface area contributed by atoms with Crippen molar-refractivity contribution in [3.05, 3.63) is 59.3 Å². The highest BCUT2D eigenvalue weighted by atomic mass is 19.4. The van der Waals surface area contributed by atoms with E-state index in [9.17, 15) is 18.0 Å². The lowest BCUT2D eigenvalue weighted by molar-refractivity contribution is -0.137. The van der Waals surface area contributed by atoms with Crippen molar-refractivity contribution in [3.8, 4) is 0 Å². The number of aryl methyl sites for hydroxylation is 1. The molecule has 0 spiro atoms. The summed E-state index contributed by atoms with van der Waals surface area (Å²) < 4.78 is 37.3. The lowest BCUT2D eigenvalue weighted by atomic mass is 10.1. The summed E-state index contributed by atoms with van der Waals surface area (Å²) in [6.07, 6.45) is -4.40.